The third-order valence-electron chi connectivity index (χ3n) is 1.31. The van der Waals surface area contributed by atoms with Gasteiger partial charge < -0.3 is 9.57 Å². The topological polar surface area (TPSA) is 44.5 Å². The average molecular weight is 154 g/mol. The van der Waals surface area contributed by atoms with Crippen molar-refractivity contribution in [2.75, 3.05) is 13.2 Å². The van der Waals surface area contributed by atoms with Crippen molar-refractivity contribution in [3.8, 4) is 0 Å². The SMILES string of the molecule is Cl.NOCC1CCCO1. The minimum Gasteiger partial charge on any atom is -0.376 e. The third-order valence-corrected chi connectivity index (χ3v) is 1.31. The third kappa shape index (κ3) is 3.01. The molecule has 9 heavy (non-hydrogen) atoms. The van der Waals surface area contributed by atoms with Crippen molar-refractivity contribution in [1.29, 1.82) is 0 Å². The molecule has 0 saturated carbocycles. The van der Waals surface area contributed by atoms with Gasteiger partial charge in [0.25, 0.3) is 0 Å². The van der Waals surface area contributed by atoms with Gasteiger partial charge in [-0.1, -0.05) is 0 Å². The minimum absolute atomic E-state index is 0. The number of nitrogens with two attached hydrogens (primary N) is 1. The number of hydrogen-bond donors (Lipinski definition) is 1. The molecule has 1 aliphatic rings. The Balaban J connectivity index is 0.000000640. The Labute approximate surface area is 60.9 Å². The summed E-state index contributed by atoms with van der Waals surface area (Å²) in [6.07, 6.45) is 2.51. The molecule has 1 unspecified atom stereocenters. The number of rotatable bonds is 2. The van der Waals surface area contributed by atoms with Gasteiger partial charge in [0, 0.05) is 6.61 Å². The second-order valence-corrected chi connectivity index (χ2v) is 1.97. The molecular weight excluding hydrogens is 142 g/mol. The molecule has 0 bridgehead atoms. The van der Waals surface area contributed by atoms with Gasteiger partial charge in [-0.05, 0) is 12.8 Å². The zero-order valence-corrected chi connectivity index (χ0v) is 6.02. The van der Waals surface area contributed by atoms with Crippen LogP contribution < -0.4 is 5.90 Å². The molecule has 3 nitrogen and oxygen atoms in total. The monoisotopic (exact) mass is 153 g/mol. The molecule has 0 aromatic heterocycles. The summed E-state index contributed by atoms with van der Waals surface area (Å²) in [7, 11) is 0. The zero-order chi connectivity index (χ0) is 5.82. The van der Waals surface area contributed by atoms with Crippen LogP contribution in [0.4, 0.5) is 0 Å². The van der Waals surface area contributed by atoms with E-state index in [1.165, 1.54) is 0 Å². The van der Waals surface area contributed by atoms with Crippen LogP contribution in [0.25, 0.3) is 0 Å². The highest BCUT2D eigenvalue weighted by Crippen LogP contribution is 2.10. The standard InChI is InChI=1S/C5H11NO2.ClH/c6-8-4-5-2-1-3-7-5;/h5H,1-4,6H2;1H. The van der Waals surface area contributed by atoms with Crippen LogP contribution in [0.2, 0.25) is 0 Å². The number of hydrogen-bond acceptors (Lipinski definition) is 3. The summed E-state index contributed by atoms with van der Waals surface area (Å²) in [5.74, 6) is 4.83. The molecular formula is C5H12ClNO2. The maximum atomic E-state index is 5.19. The summed E-state index contributed by atoms with van der Waals surface area (Å²) < 4.78 is 5.19. The van der Waals surface area contributed by atoms with Gasteiger partial charge in [0.2, 0.25) is 0 Å². The zero-order valence-electron chi connectivity index (χ0n) is 5.21. The Morgan fingerprint density at radius 2 is 2.44 bits per heavy atom. The van der Waals surface area contributed by atoms with E-state index in [1.54, 1.807) is 0 Å². The van der Waals surface area contributed by atoms with Crippen LogP contribution in [-0.4, -0.2) is 19.3 Å². The van der Waals surface area contributed by atoms with Crippen LogP contribution in [0.1, 0.15) is 12.8 Å². The largest absolute Gasteiger partial charge is 0.376 e. The van der Waals surface area contributed by atoms with E-state index in [1.807, 2.05) is 0 Å². The van der Waals surface area contributed by atoms with Crippen molar-refractivity contribution in [3.63, 3.8) is 0 Å². The van der Waals surface area contributed by atoms with Gasteiger partial charge in [-0.2, -0.15) is 0 Å². The minimum atomic E-state index is 0. The highest BCUT2D eigenvalue weighted by atomic mass is 35.5. The van der Waals surface area contributed by atoms with E-state index in [2.05, 4.69) is 4.84 Å². The summed E-state index contributed by atoms with van der Waals surface area (Å²) in [6.45, 7) is 1.41. The van der Waals surface area contributed by atoms with Gasteiger partial charge >= 0.3 is 0 Å². The van der Waals surface area contributed by atoms with Crippen molar-refractivity contribution in [3.05, 3.63) is 0 Å². The molecule has 1 heterocycles. The molecule has 0 radical (unpaired) electrons. The molecule has 1 fully saturated rings. The summed E-state index contributed by atoms with van der Waals surface area (Å²) in [6, 6.07) is 0. The summed E-state index contributed by atoms with van der Waals surface area (Å²) >= 11 is 0. The van der Waals surface area contributed by atoms with Gasteiger partial charge in [0.05, 0.1) is 12.7 Å². The molecule has 0 aromatic carbocycles. The maximum absolute atomic E-state index is 5.19. The van der Waals surface area contributed by atoms with E-state index < -0.39 is 0 Å². The molecule has 2 N–H and O–H groups in total. The summed E-state index contributed by atoms with van der Waals surface area (Å²) in [4.78, 5) is 4.40. The fourth-order valence-corrected chi connectivity index (χ4v) is 0.883. The van der Waals surface area contributed by atoms with Crippen LogP contribution in [0.15, 0.2) is 0 Å². The van der Waals surface area contributed by atoms with Crippen molar-refractivity contribution in [1.82, 2.24) is 0 Å². The lowest BCUT2D eigenvalue weighted by Gasteiger charge is -2.04. The van der Waals surface area contributed by atoms with E-state index >= 15 is 0 Å². The van der Waals surface area contributed by atoms with Gasteiger partial charge in [-0.3, -0.25) is 0 Å². The molecule has 1 rings (SSSR count). The first-order chi connectivity index (χ1) is 3.93. The van der Waals surface area contributed by atoms with Crippen molar-refractivity contribution < 1.29 is 9.57 Å². The molecule has 0 aliphatic carbocycles. The van der Waals surface area contributed by atoms with Crippen LogP contribution in [0, 0.1) is 0 Å². The van der Waals surface area contributed by atoms with Crippen molar-refractivity contribution in [2.24, 2.45) is 5.90 Å². The van der Waals surface area contributed by atoms with E-state index in [0.29, 0.717) is 6.61 Å². The van der Waals surface area contributed by atoms with Gasteiger partial charge in [0.1, 0.15) is 0 Å². The van der Waals surface area contributed by atoms with Crippen LogP contribution >= 0.6 is 12.4 Å². The van der Waals surface area contributed by atoms with Crippen LogP contribution in [0.5, 0.6) is 0 Å². The van der Waals surface area contributed by atoms with Crippen LogP contribution in [0.3, 0.4) is 0 Å². The Hall–Kier alpha value is 0.170. The lowest BCUT2D eigenvalue weighted by atomic mass is 10.2. The number of halogens is 1. The molecule has 56 valence electrons. The molecule has 0 amide bonds. The van der Waals surface area contributed by atoms with E-state index in [9.17, 15) is 0 Å². The second-order valence-electron chi connectivity index (χ2n) is 1.97. The Morgan fingerprint density at radius 3 is 2.89 bits per heavy atom. The van der Waals surface area contributed by atoms with E-state index in [0.717, 1.165) is 19.4 Å². The Morgan fingerprint density at radius 1 is 1.67 bits per heavy atom. The predicted octanol–water partition coefficient (Wildman–Crippen LogP) is 0.477. The summed E-state index contributed by atoms with van der Waals surface area (Å²) in [5.41, 5.74) is 0. The van der Waals surface area contributed by atoms with Crippen LogP contribution in [-0.2, 0) is 9.57 Å². The van der Waals surface area contributed by atoms with Gasteiger partial charge in [-0.25, -0.2) is 5.90 Å². The molecule has 1 aliphatic heterocycles. The molecule has 1 atom stereocenters. The fraction of sp³-hybridized carbons (Fsp3) is 1.00. The first-order valence-corrected chi connectivity index (χ1v) is 2.87. The summed E-state index contributed by atoms with van der Waals surface area (Å²) in [5, 5.41) is 0. The van der Waals surface area contributed by atoms with E-state index in [-0.39, 0.29) is 18.5 Å². The van der Waals surface area contributed by atoms with Gasteiger partial charge in [-0.15, -0.1) is 12.4 Å². The Kier molecular flexibility index (Phi) is 5.09. The van der Waals surface area contributed by atoms with Gasteiger partial charge in [0.15, 0.2) is 0 Å². The lowest BCUT2D eigenvalue weighted by molar-refractivity contribution is 0.0168. The highest BCUT2D eigenvalue weighted by Gasteiger charge is 2.14. The first kappa shape index (κ1) is 9.17. The average Bonchev–Trinajstić information content (AvgIpc) is 2.19. The quantitative estimate of drug-likeness (QED) is 0.587. The van der Waals surface area contributed by atoms with E-state index in [4.69, 9.17) is 10.6 Å². The normalized spacial score (nSPS) is 25.7. The highest BCUT2D eigenvalue weighted by molar-refractivity contribution is 5.85. The first-order valence-electron chi connectivity index (χ1n) is 2.87. The van der Waals surface area contributed by atoms with Crippen molar-refractivity contribution in [2.45, 2.75) is 18.9 Å². The lowest BCUT2D eigenvalue weighted by Crippen LogP contribution is -2.16. The molecule has 0 spiro atoms. The smallest absolute Gasteiger partial charge is 0.0941 e. The molecule has 0 aromatic rings. The fourth-order valence-electron chi connectivity index (χ4n) is 0.883. The molecule has 4 heteroatoms. The molecule has 1 saturated heterocycles. The second kappa shape index (κ2) is 4.99. The predicted molar refractivity (Wildman–Crippen MR) is 36.4 cm³/mol. The maximum Gasteiger partial charge on any atom is 0.0941 e. The van der Waals surface area contributed by atoms with Crippen molar-refractivity contribution >= 4 is 12.4 Å². The number of ether oxygens (including phenoxy) is 1. The Bertz CT molecular complexity index is 66.0.